The highest BCUT2D eigenvalue weighted by molar-refractivity contribution is 5.58. The van der Waals surface area contributed by atoms with Crippen LogP contribution >= 0.6 is 0 Å². The minimum Gasteiger partial charge on any atom is -0.432 e. The van der Waals surface area contributed by atoms with Gasteiger partial charge in [0.25, 0.3) is 0 Å². The second kappa shape index (κ2) is 11.3. The molecule has 0 rings (SSSR count). The summed E-state index contributed by atoms with van der Waals surface area (Å²) in [5.74, 6) is 0. The van der Waals surface area contributed by atoms with Gasteiger partial charge in [-0.3, -0.25) is 4.89 Å². The lowest BCUT2D eigenvalue weighted by Crippen LogP contribution is -2.08. The van der Waals surface area contributed by atoms with E-state index in [2.05, 4.69) is 16.7 Å². The fourth-order valence-electron chi connectivity index (χ4n) is 1.17. The standard InChI is InChI=1S/C11H22O4/c1-3-5-6-7-8-9-10-13-11(12)15-14-4-2/h3-10H2,1-2H3. The Morgan fingerprint density at radius 1 is 1.00 bits per heavy atom. The third-order valence-corrected chi connectivity index (χ3v) is 1.96. The second-order valence-corrected chi connectivity index (χ2v) is 3.36. The normalized spacial score (nSPS) is 10.0. The Morgan fingerprint density at radius 2 is 1.67 bits per heavy atom. The van der Waals surface area contributed by atoms with E-state index in [-0.39, 0.29) is 0 Å². The van der Waals surface area contributed by atoms with Crippen molar-refractivity contribution in [1.82, 2.24) is 0 Å². The topological polar surface area (TPSA) is 44.8 Å². The average molecular weight is 218 g/mol. The van der Waals surface area contributed by atoms with Crippen molar-refractivity contribution < 1.29 is 19.3 Å². The molecule has 0 radical (unpaired) electrons. The van der Waals surface area contributed by atoms with Crippen molar-refractivity contribution in [2.24, 2.45) is 0 Å². The lowest BCUT2D eigenvalue weighted by atomic mass is 10.1. The summed E-state index contributed by atoms with van der Waals surface area (Å²) >= 11 is 0. The molecule has 0 aliphatic rings. The molecular formula is C11H22O4. The maximum atomic E-state index is 10.8. The van der Waals surface area contributed by atoms with E-state index < -0.39 is 6.16 Å². The van der Waals surface area contributed by atoms with Gasteiger partial charge < -0.3 is 4.74 Å². The largest absolute Gasteiger partial charge is 0.540 e. The first-order valence-corrected chi connectivity index (χ1v) is 5.77. The third-order valence-electron chi connectivity index (χ3n) is 1.96. The summed E-state index contributed by atoms with van der Waals surface area (Å²) in [5, 5.41) is 0. The summed E-state index contributed by atoms with van der Waals surface area (Å²) in [6.45, 7) is 4.68. The zero-order valence-corrected chi connectivity index (χ0v) is 9.79. The van der Waals surface area contributed by atoms with Gasteiger partial charge in [0.15, 0.2) is 0 Å². The molecule has 0 unspecified atom stereocenters. The van der Waals surface area contributed by atoms with Crippen molar-refractivity contribution in [3.8, 4) is 0 Å². The van der Waals surface area contributed by atoms with E-state index in [4.69, 9.17) is 4.74 Å². The zero-order chi connectivity index (χ0) is 11.4. The van der Waals surface area contributed by atoms with Crippen LogP contribution in [0.3, 0.4) is 0 Å². The molecule has 15 heavy (non-hydrogen) atoms. The lowest BCUT2D eigenvalue weighted by molar-refractivity contribution is -0.251. The highest BCUT2D eigenvalue weighted by Gasteiger charge is 2.03. The van der Waals surface area contributed by atoms with Crippen molar-refractivity contribution in [2.45, 2.75) is 52.4 Å². The zero-order valence-electron chi connectivity index (χ0n) is 9.79. The minimum absolute atomic E-state index is 0.339. The van der Waals surface area contributed by atoms with Gasteiger partial charge in [-0.1, -0.05) is 39.0 Å². The molecule has 0 N–H and O–H groups in total. The predicted molar refractivity (Wildman–Crippen MR) is 57.4 cm³/mol. The molecule has 4 nitrogen and oxygen atoms in total. The van der Waals surface area contributed by atoms with Crippen molar-refractivity contribution in [1.29, 1.82) is 0 Å². The van der Waals surface area contributed by atoms with Crippen molar-refractivity contribution in [2.75, 3.05) is 13.2 Å². The van der Waals surface area contributed by atoms with Gasteiger partial charge in [0.05, 0.1) is 13.2 Å². The first kappa shape index (κ1) is 14.2. The molecule has 0 saturated heterocycles. The molecule has 0 spiro atoms. The summed E-state index contributed by atoms with van der Waals surface area (Å²) in [6.07, 6.45) is 6.25. The Hall–Kier alpha value is -0.770. The van der Waals surface area contributed by atoms with Crippen LogP contribution in [-0.2, 0) is 14.5 Å². The number of ether oxygens (including phenoxy) is 1. The Balaban J connectivity index is 3.06. The Labute approximate surface area is 91.8 Å². The van der Waals surface area contributed by atoms with Crippen LogP contribution in [0.25, 0.3) is 0 Å². The average Bonchev–Trinajstić information content (AvgIpc) is 2.25. The number of hydrogen-bond donors (Lipinski definition) is 0. The van der Waals surface area contributed by atoms with Gasteiger partial charge in [0.2, 0.25) is 0 Å². The molecule has 90 valence electrons. The Bertz CT molecular complexity index is 148. The van der Waals surface area contributed by atoms with E-state index in [0.29, 0.717) is 13.2 Å². The fraction of sp³-hybridized carbons (Fsp3) is 0.909. The molecule has 0 aliphatic heterocycles. The Morgan fingerprint density at radius 3 is 2.33 bits per heavy atom. The molecule has 0 bridgehead atoms. The van der Waals surface area contributed by atoms with Crippen LogP contribution in [-0.4, -0.2) is 19.4 Å². The molecule has 0 aromatic carbocycles. The van der Waals surface area contributed by atoms with Gasteiger partial charge in [-0.15, -0.1) is 0 Å². The lowest BCUT2D eigenvalue weighted by Gasteiger charge is -2.03. The molecule has 0 heterocycles. The molecule has 4 heteroatoms. The van der Waals surface area contributed by atoms with Gasteiger partial charge in [-0.05, 0) is 13.3 Å². The highest BCUT2D eigenvalue weighted by Crippen LogP contribution is 2.05. The maximum absolute atomic E-state index is 10.8. The molecule has 0 amide bonds. The van der Waals surface area contributed by atoms with Crippen LogP contribution in [0.2, 0.25) is 0 Å². The molecule has 0 aromatic heterocycles. The van der Waals surface area contributed by atoms with Gasteiger partial charge in [0.1, 0.15) is 0 Å². The molecule has 0 aromatic rings. The first-order chi connectivity index (χ1) is 7.31. The number of carbonyl (C=O) groups excluding carboxylic acids is 1. The van der Waals surface area contributed by atoms with Crippen molar-refractivity contribution in [3.05, 3.63) is 0 Å². The minimum atomic E-state index is -0.745. The summed E-state index contributed by atoms with van der Waals surface area (Å²) in [5.41, 5.74) is 0. The monoisotopic (exact) mass is 218 g/mol. The van der Waals surface area contributed by atoms with E-state index in [1.807, 2.05) is 0 Å². The molecule has 0 saturated carbocycles. The van der Waals surface area contributed by atoms with Crippen molar-refractivity contribution >= 4 is 6.16 Å². The van der Waals surface area contributed by atoms with Gasteiger partial charge in [-0.2, -0.15) is 4.89 Å². The van der Waals surface area contributed by atoms with Crippen LogP contribution in [0.15, 0.2) is 0 Å². The maximum Gasteiger partial charge on any atom is 0.540 e. The quantitative estimate of drug-likeness (QED) is 0.257. The summed E-state index contributed by atoms with van der Waals surface area (Å²) < 4.78 is 4.76. The molecular weight excluding hydrogens is 196 g/mol. The summed E-state index contributed by atoms with van der Waals surface area (Å²) in [7, 11) is 0. The van der Waals surface area contributed by atoms with Crippen LogP contribution < -0.4 is 0 Å². The SMILES string of the molecule is CCCCCCCCOC(=O)OOCC. The van der Waals surface area contributed by atoms with E-state index in [0.717, 1.165) is 12.8 Å². The second-order valence-electron chi connectivity index (χ2n) is 3.36. The molecule has 0 fully saturated rings. The van der Waals surface area contributed by atoms with Crippen LogP contribution in [0.5, 0.6) is 0 Å². The number of unbranched alkanes of at least 4 members (excludes halogenated alkanes) is 5. The Kier molecular flexibility index (Phi) is 10.7. The number of rotatable bonds is 9. The van der Waals surface area contributed by atoms with E-state index >= 15 is 0 Å². The highest BCUT2D eigenvalue weighted by atomic mass is 17.2. The summed E-state index contributed by atoms with van der Waals surface area (Å²) in [6, 6.07) is 0. The smallest absolute Gasteiger partial charge is 0.432 e. The fourth-order valence-corrected chi connectivity index (χ4v) is 1.17. The van der Waals surface area contributed by atoms with Crippen LogP contribution in [0.4, 0.5) is 4.79 Å². The van der Waals surface area contributed by atoms with Crippen LogP contribution in [0.1, 0.15) is 52.4 Å². The predicted octanol–water partition coefficient (Wildman–Crippen LogP) is 3.45. The number of hydrogen-bond acceptors (Lipinski definition) is 4. The van der Waals surface area contributed by atoms with E-state index in [1.54, 1.807) is 6.92 Å². The van der Waals surface area contributed by atoms with Gasteiger partial charge in [0, 0.05) is 0 Å². The number of carbonyl (C=O) groups is 1. The van der Waals surface area contributed by atoms with E-state index in [1.165, 1.54) is 25.7 Å². The third kappa shape index (κ3) is 11.2. The van der Waals surface area contributed by atoms with Gasteiger partial charge >= 0.3 is 6.16 Å². The van der Waals surface area contributed by atoms with Crippen LogP contribution in [0, 0.1) is 0 Å². The first-order valence-electron chi connectivity index (χ1n) is 5.77. The van der Waals surface area contributed by atoms with Gasteiger partial charge in [-0.25, -0.2) is 4.79 Å². The molecule has 0 aliphatic carbocycles. The van der Waals surface area contributed by atoms with Crippen molar-refractivity contribution in [3.63, 3.8) is 0 Å². The van der Waals surface area contributed by atoms with E-state index in [9.17, 15) is 4.79 Å². The molecule has 0 atom stereocenters. The summed E-state index contributed by atoms with van der Waals surface area (Å²) in [4.78, 5) is 19.5.